The van der Waals surface area contributed by atoms with Gasteiger partial charge in [-0.2, -0.15) is 0 Å². The molecule has 21 heavy (non-hydrogen) atoms. The zero-order chi connectivity index (χ0) is 15.0. The molecule has 1 aliphatic carbocycles. The van der Waals surface area contributed by atoms with E-state index in [4.69, 9.17) is 4.98 Å². The Morgan fingerprint density at radius 3 is 2.67 bits per heavy atom. The predicted molar refractivity (Wildman–Crippen MR) is 90.1 cm³/mol. The first-order valence-corrected chi connectivity index (χ1v) is 8.70. The van der Waals surface area contributed by atoms with Crippen LogP contribution < -0.4 is 5.32 Å². The van der Waals surface area contributed by atoms with E-state index in [1.54, 1.807) is 0 Å². The Labute approximate surface area is 131 Å². The molecule has 0 amide bonds. The number of aromatic nitrogens is 1. The average molecular weight is 300 g/mol. The van der Waals surface area contributed by atoms with Gasteiger partial charge in [0, 0.05) is 10.9 Å². The highest BCUT2D eigenvalue weighted by molar-refractivity contribution is 7.11. The van der Waals surface area contributed by atoms with E-state index in [1.165, 1.54) is 45.1 Å². The molecule has 1 N–H and O–H groups in total. The van der Waals surface area contributed by atoms with Crippen LogP contribution in [0, 0.1) is 20.8 Å². The Balaban J connectivity index is 2.02. The third kappa shape index (κ3) is 3.04. The van der Waals surface area contributed by atoms with Crippen molar-refractivity contribution in [3.63, 3.8) is 0 Å². The highest BCUT2D eigenvalue weighted by atomic mass is 32.1. The molecule has 1 atom stereocenters. The number of thiazole rings is 1. The van der Waals surface area contributed by atoms with Crippen molar-refractivity contribution in [2.75, 3.05) is 0 Å². The molecule has 1 fully saturated rings. The van der Waals surface area contributed by atoms with E-state index in [-0.39, 0.29) is 6.04 Å². The van der Waals surface area contributed by atoms with Crippen molar-refractivity contribution in [1.29, 1.82) is 0 Å². The van der Waals surface area contributed by atoms with Gasteiger partial charge in [-0.25, -0.2) is 4.98 Å². The molecule has 1 aromatic heterocycles. The van der Waals surface area contributed by atoms with Crippen LogP contribution in [0.1, 0.15) is 58.1 Å². The molecule has 0 saturated heterocycles. The van der Waals surface area contributed by atoms with Gasteiger partial charge >= 0.3 is 0 Å². The number of hydrogen-bond acceptors (Lipinski definition) is 3. The van der Waals surface area contributed by atoms with E-state index in [0.29, 0.717) is 6.04 Å². The average Bonchev–Trinajstić information content (AvgIpc) is 3.21. The number of aryl methyl sites for hydroxylation is 3. The van der Waals surface area contributed by atoms with Crippen molar-refractivity contribution in [1.82, 2.24) is 10.3 Å². The van der Waals surface area contributed by atoms with E-state index < -0.39 is 0 Å². The summed E-state index contributed by atoms with van der Waals surface area (Å²) in [7, 11) is 0. The van der Waals surface area contributed by atoms with Gasteiger partial charge in [-0.3, -0.25) is 0 Å². The zero-order valence-electron chi connectivity index (χ0n) is 13.4. The Hall–Kier alpha value is -1.19. The molecule has 1 aromatic carbocycles. The van der Waals surface area contributed by atoms with Gasteiger partial charge in [-0.05, 0) is 56.7 Å². The zero-order valence-corrected chi connectivity index (χ0v) is 14.2. The quantitative estimate of drug-likeness (QED) is 0.881. The minimum Gasteiger partial charge on any atom is -0.301 e. The lowest BCUT2D eigenvalue weighted by Gasteiger charge is -2.20. The number of nitrogens with one attached hydrogen (secondary N) is 1. The summed E-state index contributed by atoms with van der Waals surface area (Å²) in [5.41, 5.74) is 5.39. The van der Waals surface area contributed by atoms with Crippen LogP contribution in [0.2, 0.25) is 0 Å². The minimum absolute atomic E-state index is 0.251. The Kier molecular flexibility index (Phi) is 4.14. The van der Waals surface area contributed by atoms with Gasteiger partial charge in [-0.1, -0.05) is 25.1 Å². The topological polar surface area (TPSA) is 24.9 Å². The van der Waals surface area contributed by atoms with Crippen LogP contribution in [-0.4, -0.2) is 11.0 Å². The smallest absolute Gasteiger partial charge is 0.115 e. The second kappa shape index (κ2) is 5.90. The lowest BCUT2D eigenvalue weighted by molar-refractivity contribution is 0.594. The summed E-state index contributed by atoms with van der Waals surface area (Å²) in [5, 5.41) is 5.03. The summed E-state index contributed by atoms with van der Waals surface area (Å²) in [6, 6.07) is 7.54. The van der Waals surface area contributed by atoms with Crippen LogP contribution in [0.3, 0.4) is 0 Å². The fraction of sp³-hybridized carbons (Fsp3) is 0.500. The lowest BCUT2D eigenvalue weighted by Crippen LogP contribution is -2.25. The molecule has 3 rings (SSSR count). The number of nitrogens with zero attached hydrogens (tertiary/aromatic N) is 1. The van der Waals surface area contributed by atoms with Crippen LogP contribution in [0.4, 0.5) is 0 Å². The molecule has 0 aliphatic heterocycles. The summed E-state index contributed by atoms with van der Waals surface area (Å²) in [6.07, 6.45) is 3.62. The van der Waals surface area contributed by atoms with Gasteiger partial charge < -0.3 is 5.32 Å². The second-order valence-corrected chi connectivity index (χ2v) is 7.31. The van der Waals surface area contributed by atoms with Crippen LogP contribution in [0.25, 0.3) is 0 Å². The summed E-state index contributed by atoms with van der Waals surface area (Å²) < 4.78 is 0. The second-order valence-electron chi connectivity index (χ2n) is 6.07. The Bertz CT molecular complexity index is 641. The molecule has 1 unspecified atom stereocenters. The fourth-order valence-corrected chi connectivity index (χ4v) is 3.86. The van der Waals surface area contributed by atoms with Crippen molar-refractivity contribution in [2.24, 2.45) is 0 Å². The fourth-order valence-electron chi connectivity index (χ4n) is 2.77. The monoisotopic (exact) mass is 300 g/mol. The molecule has 1 aliphatic rings. The number of benzene rings is 1. The Morgan fingerprint density at radius 1 is 1.29 bits per heavy atom. The maximum atomic E-state index is 4.91. The third-order valence-electron chi connectivity index (χ3n) is 4.43. The Morgan fingerprint density at radius 2 is 2.05 bits per heavy atom. The molecule has 2 nitrogen and oxygen atoms in total. The van der Waals surface area contributed by atoms with E-state index >= 15 is 0 Å². The third-order valence-corrected chi connectivity index (χ3v) is 5.51. The van der Waals surface area contributed by atoms with Gasteiger partial charge in [0.1, 0.15) is 5.01 Å². The molecule has 0 spiro atoms. The first-order valence-electron chi connectivity index (χ1n) is 7.88. The number of rotatable bonds is 5. The van der Waals surface area contributed by atoms with Crippen molar-refractivity contribution in [3.05, 3.63) is 50.5 Å². The van der Waals surface area contributed by atoms with Crippen molar-refractivity contribution in [3.8, 4) is 0 Å². The maximum Gasteiger partial charge on any atom is 0.115 e. The van der Waals surface area contributed by atoms with Gasteiger partial charge in [-0.15, -0.1) is 11.3 Å². The minimum atomic E-state index is 0.251. The predicted octanol–water partition coefficient (Wildman–Crippen LogP) is 4.47. The molecule has 2 aromatic rings. The van der Waals surface area contributed by atoms with Crippen LogP contribution in [0.15, 0.2) is 18.2 Å². The first kappa shape index (κ1) is 14.7. The van der Waals surface area contributed by atoms with Crippen molar-refractivity contribution in [2.45, 2.75) is 59.0 Å². The van der Waals surface area contributed by atoms with Crippen LogP contribution >= 0.6 is 11.3 Å². The molecule has 3 heteroatoms. The van der Waals surface area contributed by atoms with E-state index in [1.807, 2.05) is 11.3 Å². The summed E-state index contributed by atoms with van der Waals surface area (Å²) in [5.74, 6) is 0. The van der Waals surface area contributed by atoms with E-state index in [0.717, 1.165) is 6.42 Å². The first-order chi connectivity index (χ1) is 10.1. The van der Waals surface area contributed by atoms with E-state index in [9.17, 15) is 0 Å². The van der Waals surface area contributed by atoms with Crippen molar-refractivity contribution < 1.29 is 0 Å². The summed E-state index contributed by atoms with van der Waals surface area (Å²) >= 11 is 1.85. The molecule has 0 bridgehead atoms. The van der Waals surface area contributed by atoms with E-state index in [2.05, 4.69) is 51.2 Å². The molecular weight excluding hydrogens is 276 g/mol. The molecular formula is C18H24N2S. The SMILES string of the molecule is CCc1nc(C(NC2CC2)c2cccc(C)c2C)sc1C. The standard InChI is InChI=1S/C18H24N2S/c1-5-16-13(4)21-18(20-16)17(19-14-9-10-14)15-8-6-7-11(2)12(15)3/h6-8,14,17,19H,5,9-10H2,1-4H3. The van der Waals surface area contributed by atoms with Gasteiger partial charge in [0.05, 0.1) is 11.7 Å². The van der Waals surface area contributed by atoms with Gasteiger partial charge in [0.15, 0.2) is 0 Å². The van der Waals surface area contributed by atoms with Crippen LogP contribution in [0.5, 0.6) is 0 Å². The highest BCUT2D eigenvalue weighted by Crippen LogP contribution is 2.34. The van der Waals surface area contributed by atoms with Gasteiger partial charge in [0.25, 0.3) is 0 Å². The highest BCUT2D eigenvalue weighted by Gasteiger charge is 2.29. The maximum absolute atomic E-state index is 4.91. The molecule has 1 saturated carbocycles. The molecule has 112 valence electrons. The normalized spacial score (nSPS) is 16.2. The summed E-state index contributed by atoms with van der Waals surface area (Å²) in [4.78, 5) is 6.27. The molecule has 0 radical (unpaired) electrons. The van der Waals surface area contributed by atoms with Crippen LogP contribution in [-0.2, 0) is 6.42 Å². The lowest BCUT2D eigenvalue weighted by atomic mass is 9.97. The largest absolute Gasteiger partial charge is 0.301 e. The number of hydrogen-bond donors (Lipinski definition) is 1. The van der Waals surface area contributed by atoms with Gasteiger partial charge in [0.2, 0.25) is 0 Å². The van der Waals surface area contributed by atoms with Crippen molar-refractivity contribution >= 4 is 11.3 Å². The molecule has 1 heterocycles. The summed E-state index contributed by atoms with van der Waals surface area (Å²) in [6.45, 7) is 8.80.